The van der Waals surface area contributed by atoms with Gasteiger partial charge in [-0.25, -0.2) is 4.98 Å². The Bertz CT molecular complexity index is 588. The number of nitrogens with zero attached hydrogens (tertiary/aromatic N) is 4. The molecule has 0 spiro atoms. The van der Waals surface area contributed by atoms with E-state index in [9.17, 15) is 0 Å². The van der Waals surface area contributed by atoms with E-state index in [1.165, 1.54) is 6.07 Å². The lowest BCUT2D eigenvalue weighted by Crippen LogP contribution is -2.04. The fourth-order valence-corrected chi connectivity index (χ4v) is 1.55. The highest BCUT2D eigenvalue weighted by molar-refractivity contribution is 6.29. The number of rotatable bonds is 3. The Hall–Kier alpha value is -2.19. The molecule has 0 aromatic carbocycles. The van der Waals surface area contributed by atoms with Crippen molar-refractivity contribution in [3.05, 3.63) is 46.6 Å². The predicted octanol–water partition coefficient (Wildman–Crippen LogP) is 2.32. The van der Waals surface area contributed by atoms with Crippen molar-refractivity contribution in [2.24, 2.45) is 0 Å². The Morgan fingerprint density at radius 2 is 2.17 bits per heavy atom. The van der Waals surface area contributed by atoms with Crippen LogP contribution in [0.15, 0.2) is 24.5 Å². The minimum atomic E-state index is 0.284. The van der Waals surface area contributed by atoms with Gasteiger partial charge >= 0.3 is 0 Å². The molecule has 0 amide bonds. The Kier molecular flexibility index (Phi) is 3.70. The predicted molar refractivity (Wildman–Crippen MR) is 68.1 cm³/mol. The average Bonchev–Trinajstić information content (AvgIpc) is 2.37. The van der Waals surface area contributed by atoms with Crippen molar-refractivity contribution in [2.75, 3.05) is 5.32 Å². The van der Waals surface area contributed by atoms with E-state index >= 15 is 0 Å². The first-order valence-corrected chi connectivity index (χ1v) is 5.64. The second kappa shape index (κ2) is 5.43. The van der Waals surface area contributed by atoms with Crippen LogP contribution in [0.2, 0.25) is 5.15 Å². The monoisotopic (exact) mass is 259 g/mol. The van der Waals surface area contributed by atoms with Crippen LogP contribution < -0.4 is 5.32 Å². The molecule has 0 saturated carbocycles. The number of hydrogen-bond donors (Lipinski definition) is 1. The highest BCUT2D eigenvalue weighted by Gasteiger charge is 2.01. The molecule has 6 heteroatoms. The minimum Gasteiger partial charge on any atom is -0.364 e. The summed E-state index contributed by atoms with van der Waals surface area (Å²) in [6.07, 6.45) is 3.39. The maximum atomic E-state index is 8.82. The number of pyridine rings is 1. The van der Waals surface area contributed by atoms with Crippen LogP contribution in [0.4, 0.5) is 5.82 Å². The van der Waals surface area contributed by atoms with Gasteiger partial charge in [-0.1, -0.05) is 11.6 Å². The lowest BCUT2D eigenvalue weighted by molar-refractivity contribution is 0.976. The standard InChI is InChI=1S/C12H10ClN5/c1-8-5-16-10(6-15-8)7-17-12-3-9(4-14)2-11(13)18-12/h2-3,5-6H,7H2,1H3,(H,17,18). The third-order valence-electron chi connectivity index (χ3n) is 2.21. The van der Waals surface area contributed by atoms with E-state index < -0.39 is 0 Å². The first kappa shape index (κ1) is 12.3. The van der Waals surface area contributed by atoms with Crippen molar-refractivity contribution in [3.8, 4) is 6.07 Å². The molecule has 0 radical (unpaired) electrons. The smallest absolute Gasteiger partial charge is 0.132 e. The van der Waals surface area contributed by atoms with Gasteiger partial charge in [-0.15, -0.1) is 0 Å². The summed E-state index contributed by atoms with van der Waals surface area (Å²) in [7, 11) is 0. The maximum absolute atomic E-state index is 8.82. The third kappa shape index (κ3) is 3.15. The zero-order valence-corrected chi connectivity index (χ0v) is 10.4. The molecule has 2 rings (SSSR count). The molecule has 0 bridgehead atoms. The van der Waals surface area contributed by atoms with E-state index in [1.54, 1.807) is 18.5 Å². The first-order chi connectivity index (χ1) is 8.67. The summed E-state index contributed by atoms with van der Waals surface area (Å²) in [4.78, 5) is 12.4. The zero-order chi connectivity index (χ0) is 13.0. The van der Waals surface area contributed by atoms with Crippen LogP contribution >= 0.6 is 11.6 Å². The van der Waals surface area contributed by atoms with Crippen molar-refractivity contribution in [1.82, 2.24) is 15.0 Å². The molecule has 0 fully saturated rings. The summed E-state index contributed by atoms with van der Waals surface area (Å²) in [5.41, 5.74) is 2.12. The fourth-order valence-electron chi connectivity index (χ4n) is 1.34. The van der Waals surface area contributed by atoms with E-state index in [2.05, 4.69) is 20.3 Å². The molecule has 5 nitrogen and oxygen atoms in total. The summed E-state index contributed by atoms with van der Waals surface area (Å²) in [5.74, 6) is 0.543. The highest BCUT2D eigenvalue weighted by atomic mass is 35.5. The quantitative estimate of drug-likeness (QED) is 0.856. The average molecular weight is 260 g/mol. The second-order valence-corrected chi connectivity index (χ2v) is 4.07. The van der Waals surface area contributed by atoms with Gasteiger partial charge in [-0.2, -0.15) is 5.26 Å². The number of hydrogen-bond acceptors (Lipinski definition) is 5. The van der Waals surface area contributed by atoms with E-state index in [1.807, 2.05) is 13.0 Å². The van der Waals surface area contributed by atoms with Gasteiger partial charge in [0.25, 0.3) is 0 Å². The van der Waals surface area contributed by atoms with Crippen LogP contribution in [0.5, 0.6) is 0 Å². The number of aromatic nitrogens is 3. The highest BCUT2D eigenvalue weighted by Crippen LogP contribution is 2.14. The van der Waals surface area contributed by atoms with Crippen LogP contribution in [0, 0.1) is 18.3 Å². The second-order valence-electron chi connectivity index (χ2n) is 3.68. The summed E-state index contributed by atoms with van der Waals surface area (Å²) in [6.45, 7) is 2.35. The summed E-state index contributed by atoms with van der Waals surface area (Å²) in [6, 6.07) is 5.17. The van der Waals surface area contributed by atoms with E-state index in [0.29, 0.717) is 17.9 Å². The SMILES string of the molecule is Cc1cnc(CNc2cc(C#N)cc(Cl)n2)cn1. The largest absolute Gasteiger partial charge is 0.364 e. The third-order valence-corrected chi connectivity index (χ3v) is 2.40. The molecule has 0 aliphatic heterocycles. The number of halogens is 1. The normalized spacial score (nSPS) is 9.83. The van der Waals surface area contributed by atoms with Crippen LogP contribution in [-0.2, 0) is 6.54 Å². The van der Waals surface area contributed by atoms with Gasteiger partial charge in [0.1, 0.15) is 11.0 Å². The summed E-state index contributed by atoms with van der Waals surface area (Å²) in [5, 5.41) is 12.1. The van der Waals surface area contributed by atoms with Crippen LogP contribution in [-0.4, -0.2) is 15.0 Å². The number of aryl methyl sites for hydroxylation is 1. The van der Waals surface area contributed by atoms with Crippen LogP contribution in [0.25, 0.3) is 0 Å². The molecule has 0 aliphatic rings. The van der Waals surface area contributed by atoms with Gasteiger partial charge in [-0.05, 0) is 19.1 Å². The van der Waals surface area contributed by atoms with Gasteiger partial charge in [-0.3, -0.25) is 9.97 Å². The fraction of sp³-hybridized carbons (Fsp3) is 0.167. The molecule has 2 aromatic rings. The van der Waals surface area contributed by atoms with Crippen molar-refractivity contribution >= 4 is 17.4 Å². The zero-order valence-electron chi connectivity index (χ0n) is 9.68. The van der Waals surface area contributed by atoms with Crippen molar-refractivity contribution in [2.45, 2.75) is 13.5 Å². The topological polar surface area (TPSA) is 74.5 Å². The van der Waals surface area contributed by atoms with E-state index in [4.69, 9.17) is 16.9 Å². The van der Waals surface area contributed by atoms with Gasteiger partial charge in [0, 0.05) is 6.20 Å². The van der Waals surface area contributed by atoms with Gasteiger partial charge < -0.3 is 5.32 Å². The molecule has 0 saturated heterocycles. The van der Waals surface area contributed by atoms with Crippen molar-refractivity contribution in [1.29, 1.82) is 5.26 Å². The Labute approximate surface area is 109 Å². The molecule has 0 aliphatic carbocycles. The van der Waals surface area contributed by atoms with E-state index in [0.717, 1.165) is 11.4 Å². The van der Waals surface area contributed by atoms with Gasteiger partial charge in [0.05, 0.1) is 35.8 Å². The molecule has 18 heavy (non-hydrogen) atoms. The first-order valence-electron chi connectivity index (χ1n) is 5.26. The molecular formula is C12H10ClN5. The molecular weight excluding hydrogens is 250 g/mol. The number of nitriles is 1. The lowest BCUT2D eigenvalue weighted by atomic mass is 10.3. The van der Waals surface area contributed by atoms with Gasteiger partial charge in [0.2, 0.25) is 0 Å². The molecule has 2 heterocycles. The number of anilines is 1. The molecule has 90 valence electrons. The Morgan fingerprint density at radius 1 is 1.33 bits per heavy atom. The molecule has 1 N–H and O–H groups in total. The summed E-state index contributed by atoms with van der Waals surface area (Å²) >= 11 is 5.80. The molecule has 0 atom stereocenters. The lowest BCUT2D eigenvalue weighted by Gasteiger charge is -2.05. The van der Waals surface area contributed by atoms with Crippen molar-refractivity contribution in [3.63, 3.8) is 0 Å². The van der Waals surface area contributed by atoms with E-state index in [-0.39, 0.29) is 5.15 Å². The molecule has 0 unspecified atom stereocenters. The number of nitrogens with one attached hydrogen (secondary N) is 1. The minimum absolute atomic E-state index is 0.284. The Balaban J connectivity index is 2.08. The summed E-state index contributed by atoms with van der Waals surface area (Å²) < 4.78 is 0. The van der Waals surface area contributed by atoms with Gasteiger partial charge in [0.15, 0.2) is 0 Å². The van der Waals surface area contributed by atoms with Crippen LogP contribution in [0.3, 0.4) is 0 Å². The maximum Gasteiger partial charge on any atom is 0.132 e. The van der Waals surface area contributed by atoms with Crippen LogP contribution in [0.1, 0.15) is 17.0 Å². The van der Waals surface area contributed by atoms with Crippen molar-refractivity contribution < 1.29 is 0 Å². The Morgan fingerprint density at radius 3 is 2.83 bits per heavy atom. The molecule has 2 aromatic heterocycles.